The molecule has 2 aromatic carbocycles. The smallest absolute Gasteiger partial charge is 0.328 e. The molecule has 1 aliphatic rings. The van der Waals surface area contributed by atoms with Crippen molar-refractivity contribution < 1.29 is 19.1 Å². The fourth-order valence-electron chi connectivity index (χ4n) is 3.07. The summed E-state index contributed by atoms with van der Waals surface area (Å²) in [5, 5.41) is 5.37. The summed E-state index contributed by atoms with van der Waals surface area (Å²) in [6.45, 7) is 5.68. The van der Waals surface area contributed by atoms with Gasteiger partial charge in [-0.1, -0.05) is 12.1 Å². The van der Waals surface area contributed by atoms with Crippen LogP contribution in [0.3, 0.4) is 0 Å². The van der Waals surface area contributed by atoms with Crippen LogP contribution < -0.4 is 20.3 Å². The molecule has 0 radical (unpaired) electrons. The van der Waals surface area contributed by atoms with E-state index in [1.54, 1.807) is 24.3 Å². The Morgan fingerprint density at radius 1 is 1.11 bits per heavy atom. The first-order chi connectivity index (χ1) is 13.3. The van der Waals surface area contributed by atoms with Gasteiger partial charge in [-0.25, -0.2) is 9.69 Å². The number of urea groups is 1. The molecule has 2 N–H and O–H groups in total. The quantitative estimate of drug-likeness (QED) is 0.797. The highest BCUT2D eigenvalue weighted by Gasteiger charge is 2.39. The highest BCUT2D eigenvalue weighted by atomic mass is 16.5. The van der Waals surface area contributed by atoms with Crippen molar-refractivity contribution >= 4 is 29.2 Å². The highest BCUT2D eigenvalue weighted by Crippen LogP contribution is 2.27. The molecule has 1 fully saturated rings. The first-order valence-corrected chi connectivity index (χ1v) is 8.96. The number of imide groups is 1. The molecule has 0 aromatic heterocycles. The third-order valence-corrected chi connectivity index (χ3v) is 4.86. The first-order valence-electron chi connectivity index (χ1n) is 8.96. The van der Waals surface area contributed by atoms with Crippen LogP contribution in [-0.2, 0) is 9.59 Å². The van der Waals surface area contributed by atoms with Crippen molar-refractivity contribution in [1.29, 1.82) is 0 Å². The summed E-state index contributed by atoms with van der Waals surface area (Å²) in [5.74, 6) is -1.60. The number of rotatable bonds is 4. The molecule has 0 saturated carbocycles. The number of hydrogen-bond acceptors (Lipinski definition) is 4. The summed E-state index contributed by atoms with van der Waals surface area (Å²) < 4.78 is 5.27. The van der Waals surface area contributed by atoms with E-state index in [0.29, 0.717) is 17.1 Å². The van der Waals surface area contributed by atoms with Gasteiger partial charge >= 0.3 is 6.03 Å². The molecular weight excluding hydrogens is 358 g/mol. The van der Waals surface area contributed by atoms with Crippen LogP contribution >= 0.6 is 0 Å². The molecule has 4 amide bonds. The summed E-state index contributed by atoms with van der Waals surface area (Å²) in [5.41, 5.74) is 3.87. The standard InChI is InChI=1S/C21H23N3O4/c1-12-5-8-18(28-4)17(9-12)23-19(25)16-11-22-21(27)24(20(16)26)15-7-6-13(2)14(3)10-15/h5-10,16H,11H2,1-4H3,(H,22,27)(H,23,25). The molecule has 3 rings (SSSR count). The van der Waals surface area contributed by atoms with Crippen LogP contribution in [0.15, 0.2) is 36.4 Å². The van der Waals surface area contributed by atoms with Crippen molar-refractivity contribution in [2.24, 2.45) is 5.92 Å². The number of nitrogens with zero attached hydrogens (tertiary/aromatic N) is 1. The van der Waals surface area contributed by atoms with E-state index in [0.717, 1.165) is 21.6 Å². The number of nitrogens with one attached hydrogen (secondary N) is 2. The van der Waals surface area contributed by atoms with Crippen molar-refractivity contribution in [2.45, 2.75) is 20.8 Å². The second-order valence-electron chi connectivity index (χ2n) is 6.87. The SMILES string of the molecule is COc1ccc(C)cc1NC(=O)C1CNC(=O)N(c2ccc(C)c(C)c2)C1=O. The normalized spacial score (nSPS) is 16.6. The van der Waals surface area contributed by atoms with Gasteiger partial charge in [0, 0.05) is 6.54 Å². The van der Waals surface area contributed by atoms with Crippen LogP contribution in [0.2, 0.25) is 0 Å². The minimum absolute atomic E-state index is 0.0566. The van der Waals surface area contributed by atoms with Crippen LogP contribution in [0.25, 0.3) is 0 Å². The molecule has 1 unspecified atom stereocenters. The molecule has 0 bridgehead atoms. The van der Waals surface area contributed by atoms with Crippen molar-refractivity contribution in [1.82, 2.24) is 5.32 Å². The lowest BCUT2D eigenvalue weighted by Crippen LogP contribution is -2.58. The molecule has 1 saturated heterocycles. The number of carbonyl (C=O) groups is 3. The van der Waals surface area contributed by atoms with Crippen LogP contribution in [0.4, 0.5) is 16.2 Å². The topological polar surface area (TPSA) is 87.7 Å². The minimum Gasteiger partial charge on any atom is -0.495 e. The lowest BCUT2D eigenvalue weighted by Gasteiger charge is -2.31. The average Bonchev–Trinajstić information content (AvgIpc) is 2.65. The summed E-state index contributed by atoms with van der Waals surface area (Å²) in [6.07, 6.45) is 0. The molecule has 28 heavy (non-hydrogen) atoms. The maximum atomic E-state index is 13.0. The molecular formula is C21H23N3O4. The van der Waals surface area contributed by atoms with E-state index >= 15 is 0 Å². The first kappa shape index (κ1) is 19.4. The van der Waals surface area contributed by atoms with Crippen molar-refractivity contribution in [3.63, 3.8) is 0 Å². The Bertz CT molecular complexity index is 955. The van der Waals surface area contributed by atoms with Gasteiger partial charge in [0.25, 0.3) is 0 Å². The Kier molecular flexibility index (Phi) is 5.35. The second-order valence-corrected chi connectivity index (χ2v) is 6.87. The Hall–Kier alpha value is -3.35. The maximum Gasteiger partial charge on any atom is 0.328 e. The van der Waals surface area contributed by atoms with E-state index in [9.17, 15) is 14.4 Å². The monoisotopic (exact) mass is 381 g/mol. The second kappa shape index (κ2) is 7.72. The zero-order valence-electron chi connectivity index (χ0n) is 16.3. The number of hydrogen-bond donors (Lipinski definition) is 2. The Labute approximate surface area is 163 Å². The lowest BCUT2D eigenvalue weighted by atomic mass is 10.0. The van der Waals surface area contributed by atoms with E-state index in [1.165, 1.54) is 7.11 Å². The zero-order valence-corrected chi connectivity index (χ0v) is 16.3. The summed E-state index contributed by atoms with van der Waals surface area (Å²) in [4.78, 5) is 39.1. The number of aryl methyl sites for hydroxylation is 3. The van der Waals surface area contributed by atoms with Gasteiger partial charge in [0.2, 0.25) is 11.8 Å². The van der Waals surface area contributed by atoms with E-state index < -0.39 is 23.8 Å². The Morgan fingerprint density at radius 2 is 1.86 bits per heavy atom. The minimum atomic E-state index is -1.04. The zero-order chi connectivity index (χ0) is 20.4. The van der Waals surface area contributed by atoms with Gasteiger partial charge < -0.3 is 15.4 Å². The van der Waals surface area contributed by atoms with Crippen LogP contribution in [0.1, 0.15) is 16.7 Å². The third-order valence-electron chi connectivity index (χ3n) is 4.86. The molecule has 1 aliphatic heterocycles. The van der Waals surface area contributed by atoms with Crippen LogP contribution in [-0.4, -0.2) is 31.5 Å². The molecule has 7 heteroatoms. The number of carbonyl (C=O) groups excluding carboxylic acids is 3. The van der Waals surface area contributed by atoms with Gasteiger partial charge in [-0.3, -0.25) is 9.59 Å². The maximum absolute atomic E-state index is 13.0. The Balaban J connectivity index is 1.85. The summed E-state index contributed by atoms with van der Waals surface area (Å²) in [6, 6.07) is 10.1. The van der Waals surface area contributed by atoms with E-state index in [4.69, 9.17) is 4.74 Å². The predicted octanol–water partition coefficient (Wildman–Crippen LogP) is 2.93. The summed E-state index contributed by atoms with van der Waals surface area (Å²) in [7, 11) is 1.51. The summed E-state index contributed by atoms with van der Waals surface area (Å²) >= 11 is 0. The fraction of sp³-hybridized carbons (Fsp3) is 0.286. The van der Waals surface area contributed by atoms with Gasteiger partial charge in [0.05, 0.1) is 18.5 Å². The Morgan fingerprint density at radius 3 is 2.54 bits per heavy atom. The van der Waals surface area contributed by atoms with E-state index in [-0.39, 0.29) is 6.54 Å². The van der Waals surface area contributed by atoms with E-state index in [1.807, 2.05) is 32.9 Å². The van der Waals surface area contributed by atoms with Gasteiger partial charge in [0.15, 0.2) is 0 Å². The van der Waals surface area contributed by atoms with Gasteiger partial charge in [-0.15, -0.1) is 0 Å². The van der Waals surface area contributed by atoms with Crippen molar-refractivity contribution in [2.75, 3.05) is 23.9 Å². The number of amides is 4. The molecule has 7 nitrogen and oxygen atoms in total. The van der Waals surface area contributed by atoms with Gasteiger partial charge in [-0.05, 0) is 61.7 Å². The van der Waals surface area contributed by atoms with E-state index in [2.05, 4.69) is 10.6 Å². The van der Waals surface area contributed by atoms with Crippen LogP contribution in [0.5, 0.6) is 5.75 Å². The highest BCUT2D eigenvalue weighted by molar-refractivity contribution is 6.23. The number of ether oxygens (including phenoxy) is 1. The fourth-order valence-corrected chi connectivity index (χ4v) is 3.07. The van der Waals surface area contributed by atoms with Gasteiger partial charge in [0.1, 0.15) is 11.7 Å². The third kappa shape index (κ3) is 3.69. The van der Waals surface area contributed by atoms with Crippen molar-refractivity contribution in [3.8, 4) is 5.75 Å². The molecule has 0 spiro atoms. The number of anilines is 2. The van der Waals surface area contributed by atoms with Crippen LogP contribution in [0, 0.1) is 26.7 Å². The van der Waals surface area contributed by atoms with Crippen molar-refractivity contribution in [3.05, 3.63) is 53.1 Å². The number of methoxy groups -OCH3 is 1. The largest absolute Gasteiger partial charge is 0.495 e. The molecule has 1 heterocycles. The predicted molar refractivity (Wildman–Crippen MR) is 107 cm³/mol. The molecule has 0 aliphatic carbocycles. The number of benzene rings is 2. The average molecular weight is 381 g/mol. The molecule has 146 valence electrons. The molecule has 2 aromatic rings. The van der Waals surface area contributed by atoms with Gasteiger partial charge in [-0.2, -0.15) is 0 Å². The molecule has 1 atom stereocenters. The lowest BCUT2D eigenvalue weighted by molar-refractivity contribution is -0.130.